The molecule has 1 aliphatic rings. The average molecular weight is 265 g/mol. The second kappa shape index (κ2) is 5.22. The Hall–Kier alpha value is -0.820. The first-order valence-electron chi connectivity index (χ1n) is 5.52. The molecule has 1 rings (SSSR count). The molecule has 1 N–H and O–H groups in total. The Labute approximate surface area is 102 Å². The molecule has 0 radical (unpaired) electrons. The van der Waals surface area contributed by atoms with Crippen LogP contribution in [0.5, 0.6) is 0 Å². The van der Waals surface area contributed by atoms with Crippen LogP contribution in [0.3, 0.4) is 0 Å². The van der Waals surface area contributed by atoms with Crippen molar-refractivity contribution in [1.29, 1.82) is 0 Å². The van der Waals surface area contributed by atoms with Crippen molar-refractivity contribution in [1.82, 2.24) is 5.32 Å². The molecule has 0 aromatic heterocycles. The van der Waals surface area contributed by atoms with Gasteiger partial charge in [0, 0.05) is 0 Å². The quantitative estimate of drug-likeness (QED) is 0.756. The Morgan fingerprint density at radius 2 is 1.94 bits per heavy atom. The van der Waals surface area contributed by atoms with Gasteiger partial charge in [-0.2, -0.15) is 8.42 Å². The van der Waals surface area contributed by atoms with E-state index in [4.69, 9.17) is 8.92 Å². The molecule has 1 aliphatic carbocycles. The molecule has 6 nitrogen and oxygen atoms in total. The Morgan fingerprint density at radius 3 is 2.41 bits per heavy atom. The fourth-order valence-electron chi connectivity index (χ4n) is 0.988. The van der Waals surface area contributed by atoms with Gasteiger partial charge in [0.2, 0.25) is 0 Å². The standard InChI is InChI=1S/C10H19NO5S/c1-10(2,3)16-9(12)11-7-17(13,14)15-6-8-4-5-8/h8H,4-7H2,1-3H3,(H,11,12). The summed E-state index contributed by atoms with van der Waals surface area (Å²) in [5.74, 6) is -0.208. The number of amides is 1. The molecule has 0 saturated heterocycles. The maximum atomic E-state index is 11.3. The Morgan fingerprint density at radius 1 is 1.35 bits per heavy atom. The maximum absolute atomic E-state index is 11.3. The lowest BCUT2D eigenvalue weighted by molar-refractivity contribution is 0.0535. The highest BCUT2D eigenvalue weighted by atomic mass is 32.2. The zero-order valence-corrected chi connectivity index (χ0v) is 11.2. The summed E-state index contributed by atoms with van der Waals surface area (Å²) in [6, 6.07) is 0. The third-order valence-electron chi connectivity index (χ3n) is 1.97. The Bertz CT molecular complexity index is 367. The molecule has 0 aliphatic heterocycles. The van der Waals surface area contributed by atoms with Crippen LogP contribution in [-0.4, -0.2) is 32.6 Å². The number of ether oxygens (including phenoxy) is 1. The van der Waals surface area contributed by atoms with Gasteiger partial charge in [-0.25, -0.2) is 4.79 Å². The fraction of sp³-hybridized carbons (Fsp3) is 0.900. The molecule has 1 fully saturated rings. The number of carbonyl (C=O) groups is 1. The third kappa shape index (κ3) is 7.17. The van der Waals surface area contributed by atoms with E-state index in [1.807, 2.05) is 0 Å². The predicted octanol–water partition coefficient (Wildman–Crippen LogP) is 1.22. The lowest BCUT2D eigenvalue weighted by Gasteiger charge is -2.19. The Kier molecular flexibility index (Phi) is 4.37. The fourth-order valence-corrected chi connectivity index (χ4v) is 1.77. The summed E-state index contributed by atoms with van der Waals surface area (Å²) < 4.78 is 32.3. The molecule has 1 saturated carbocycles. The van der Waals surface area contributed by atoms with Crippen LogP contribution in [0.15, 0.2) is 0 Å². The van der Waals surface area contributed by atoms with Crippen LogP contribution >= 0.6 is 0 Å². The molecular weight excluding hydrogens is 246 g/mol. The molecule has 0 atom stereocenters. The van der Waals surface area contributed by atoms with E-state index in [0.717, 1.165) is 12.8 Å². The average Bonchev–Trinajstić information content (AvgIpc) is 2.93. The lowest BCUT2D eigenvalue weighted by atomic mass is 10.2. The van der Waals surface area contributed by atoms with Crippen molar-refractivity contribution in [3.63, 3.8) is 0 Å². The van der Waals surface area contributed by atoms with Crippen LogP contribution in [0.1, 0.15) is 33.6 Å². The van der Waals surface area contributed by atoms with Crippen LogP contribution in [0.2, 0.25) is 0 Å². The summed E-state index contributed by atoms with van der Waals surface area (Å²) in [5.41, 5.74) is -0.650. The molecular formula is C10H19NO5S. The molecule has 0 unspecified atom stereocenters. The van der Waals surface area contributed by atoms with Gasteiger partial charge >= 0.3 is 6.09 Å². The Balaban J connectivity index is 2.25. The van der Waals surface area contributed by atoms with Gasteiger partial charge in [0.25, 0.3) is 10.1 Å². The molecule has 0 bridgehead atoms. The summed E-state index contributed by atoms with van der Waals surface area (Å²) in [6.45, 7) is 5.30. The van der Waals surface area contributed by atoms with Gasteiger partial charge in [0.1, 0.15) is 11.5 Å². The van der Waals surface area contributed by atoms with Crippen molar-refractivity contribution in [3.05, 3.63) is 0 Å². The minimum Gasteiger partial charge on any atom is -0.444 e. The molecule has 17 heavy (non-hydrogen) atoms. The van der Waals surface area contributed by atoms with E-state index in [9.17, 15) is 13.2 Å². The van der Waals surface area contributed by atoms with E-state index >= 15 is 0 Å². The van der Waals surface area contributed by atoms with Crippen molar-refractivity contribution in [2.24, 2.45) is 5.92 Å². The van der Waals surface area contributed by atoms with Gasteiger partial charge < -0.3 is 10.1 Å². The topological polar surface area (TPSA) is 81.7 Å². The van der Waals surface area contributed by atoms with Gasteiger partial charge in [-0.3, -0.25) is 4.18 Å². The van der Waals surface area contributed by atoms with Crippen LogP contribution in [0.25, 0.3) is 0 Å². The first kappa shape index (κ1) is 14.2. The summed E-state index contributed by atoms with van der Waals surface area (Å²) in [7, 11) is -3.70. The zero-order valence-electron chi connectivity index (χ0n) is 10.4. The second-order valence-electron chi connectivity index (χ2n) is 5.11. The SMILES string of the molecule is CC(C)(C)OC(=O)NCS(=O)(=O)OCC1CC1. The normalized spacial score (nSPS) is 16.6. The van der Waals surface area contributed by atoms with E-state index in [1.54, 1.807) is 20.8 Å². The highest BCUT2D eigenvalue weighted by molar-refractivity contribution is 7.86. The van der Waals surface area contributed by atoms with Gasteiger partial charge in [-0.1, -0.05) is 0 Å². The summed E-state index contributed by atoms with van der Waals surface area (Å²) in [5, 5.41) is 2.15. The van der Waals surface area contributed by atoms with Crippen molar-refractivity contribution in [2.75, 3.05) is 12.5 Å². The smallest absolute Gasteiger partial charge is 0.408 e. The number of alkyl carbamates (subject to hydrolysis) is 1. The lowest BCUT2D eigenvalue weighted by Crippen LogP contribution is -2.36. The number of hydrogen-bond donors (Lipinski definition) is 1. The van der Waals surface area contributed by atoms with Gasteiger partial charge in [0.15, 0.2) is 0 Å². The molecule has 7 heteroatoms. The van der Waals surface area contributed by atoms with Crippen molar-refractivity contribution in [3.8, 4) is 0 Å². The van der Waals surface area contributed by atoms with Crippen LogP contribution < -0.4 is 5.32 Å². The van der Waals surface area contributed by atoms with Crippen LogP contribution in [-0.2, 0) is 19.0 Å². The highest BCUT2D eigenvalue weighted by Crippen LogP contribution is 2.29. The number of hydrogen-bond acceptors (Lipinski definition) is 5. The largest absolute Gasteiger partial charge is 0.444 e. The van der Waals surface area contributed by atoms with E-state index in [-0.39, 0.29) is 6.61 Å². The summed E-state index contributed by atoms with van der Waals surface area (Å²) >= 11 is 0. The molecule has 0 aromatic carbocycles. The van der Waals surface area contributed by atoms with E-state index in [2.05, 4.69) is 5.32 Å². The van der Waals surface area contributed by atoms with Gasteiger partial charge in [-0.05, 0) is 39.5 Å². The maximum Gasteiger partial charge on any atom is 0.408 e. The van der Waals surface area contributed by atoms with E-state index in [1.165, 1.54) is 0 Å². The predicted molar refractivity (Wildman–Crippen MR) is 61.8 cm³/mol. The van der Waals surface area contributed by atoms with Gasteiger partial charge in [0.05, 0.1) is 6.61 Å². The highest BCUT2D eigenvalue weighted by Gasteiger charge is 2.25. The monoisotopic (exact) mass is 265 g/mol. The molecule has 0 heterocycles. The number of nitrogens with one attached hydrogen (secondary N) is 1. The second-order valence-corrected chi connectivity index (χ2v) is 6.75. The molecule has 0 spiro atoms. The molecule has 0 aromatic rings. The number of carbonyl (C=O) groups excluding carboxylic acids is 1. The van der Waals surface area contributed by atoms with E-state index < -0.39 is 27.7 Å². The van der Waals surface area contributed by atoms with E-state index in [0.29, 0.717) is 5.92 Å². The summed E-state index contributed by atoms with van der Waals surface area (Å²) in [6.07, 6.45) is 1.25. The van der Waals surface area contributed by atoms with Crippen molar-refractivity contribution >= 4 is 16.2 Å². The first-order chi connectivity index (χ1) is 7.68. The molecule has 100 valence electrons. The molecule has 1 amide bonds. The minimum atomic E-state index is -3.70. The van der Waals surface area contributed by atoms with Crippen LogP contribution in [0, 0.1) is 5.92 Å². The first-order valence-corrected chi connectivity index (χ1v) is 7.10. The minimum absolute atomic E-state index is 0.207. The van der Waals surface area contributed by atoms with Gasteiger partial charge in [-0.15, -0.1) is 0 Å². The zero-order chi connectivity index (χ0) is 13.1. The van der Waals surface area contributed by atoms with Crippen molar-refractivity contribution < 1.29 is 22.1 Å². The van der Waals surface area contributed by atoms with Crippen molar-refractivity contribution in [2.45, 2.75) is 39.2 Å². The number of rotatable bonds is 5. The summed E-state index contributed by atoms with van der Waals surface area (Å²) in [4.78, 5) is 11.2. The van der Waals surface area contributed by atoms with Crippen LogP contribution in [0.4, 0.5) is 4.79 Å². The third-order valence-corrected chi connectivity index (χ3v) is 2.97.